The summed E-state index contributed by atoms with van der Waals surface area (Å²) in [5.74, 6) is -9.38. The molecule has 1 aliphatic carbocycles. The number of hydroxylamine groups is 4. The second-order valence-electron chi connectivity index (χ2n) is 18.2. The molecule has 8 atom stereocenters. The summed E-state index contributed by atoms with van der Waals surface area (Å²) >= 11 is 1.43. The molecule has 4 aliphatic heterocycles. The van der Waals surface area contributed by atoms with Crippen molar-refractivity contribution in [3.8, 4) is 0 Å². The summed E-state index contributed by atoms with van der Waals surface area (Å²) in [5.41, 5.74) is 0. The molecule has 0 aromatic heterocycles. The summed E-state index contributed by atoms with van der Waals surface area (Å²) in [6.07, 6.45) is -2.93. The maximum absolute atomic E-state index is 12.1. The molecule has 69 heavy (non-hydrogen) atoms. The van der Waals surface area contributed by atoms with Crippen molar-refractivity contribution in [2.75, 3.05) is 13.1 Å². The molecule has 5 fully saturated rings. The molecule has 8 unspecified atom stereocenters. The highest BCUT2D eigenvalue weighted by molar-refractivity contribution is 8.00. The number of esters is 1. The number of hydrogen-bond acceptors (Lipinski definition) is 19. The van der Waals surface area contributed by atoms with E-state index in [0.29, 0.717) is 5.06 Å². The lowest BCUT2D eigenvalue weighted by molar-refractivity contribution is -0.197. The van der Waals surface area contributed by atoms with Gasteiger partial charge in [0.15, 0.2) is 16.8 Å². The van der Waals surface area contributed by atoms with E-state index >= 15 is 0 Å². The molecule has 4 heterocycles. The number of carbonyl (C=O) groups excluding carboxylic acids is 13. The van der Waals surface area contributed by atoms with Crippen molar-refractivity contribution in [2.24, 2.45) is 35.5 Å². The number of amides is 8. The summed E-state index contributed by atoms with van der Waals surface area (Å²) < 4.78 is 44.4. The minimum atomic E-state index is -4.72. The molecule has 0 radical (unpaired) electrons. The Hall–Kier alpha value is -5.43. The number of nitrogens with zero attached hydrogens (tertiary/aromatic N) is 4. The van der Waals surface area contributed by atoms with E-state index in [1.54, 1.807) is 13.8 Å². The molecule has 1 saturated carbocycles. The SMILES string of the molecule is CC(C)SC(C)CC(C(=O)ON1C(=O)CC(C)C1=O)S(=O)(=O)O.CC1CC(=O)C(OC(=O)CCN2C(=O)CC(C(C)C)C2=O)C1=O.[2H]C1CC(=O)N(OC(=O)CCCN2C(=O)CC(C(C)C)C2=O)C1=O. The fourth-order valence-electron chi connectivity index (χ4n) is 7.62. The third-order valence-electron chi connectivity index (χ3n) is 11.5. The zero-order valence-corrected chi connectivity index (χ0v) is 41.7. The lowest BCUT2D eigenvalue weighted by Crippen LogP contribution is -2.41. The number of thioether (sulfide) groups is 1. The van der Waals surface area contributed by atoms with Gasteiger partial charge < -0.3 is 14.4 Å². The minimum Gasteiger partial charge on any atom is -0.446 e. The molecule has 1 N–H and O–H groups in total. The number of imide groups is 4. The largest absolute Gasteiger partial charge is 0.446 e. The Morgan fingerprint density at radius 1 is 0.681 bits per heavy atom. The fourth-order valence-corrected chi connectivity index (χ4v) is 9.79. The molecule has 384 valence electrons. The average Bonchev–Trinajstić information content (AvgIpc) is 3.94. The van der Waals surface area contributed by atoms with Gasteiger partial charge in [0.25, 0.3) is 33.7 Å². The van der Waals surface area contributed by atoms with Gasteiger partial charge in [0, 0.05) is 88.3 Å². The van der Waals surface area contributed by atoms with Gasteiger partial charge in [-0.05, 0) is 29.9 Å². The van der Waals surface area contributed by atoms with Crippen LogP contribution in [0.3, 0.4) is 0 Å². The van der Waals surface area contributed by atoms with Crippen molar-refractivity contribution in [3.05, 3.63) is 0 Å². The molecule has 8 amide bonds. The molecule has 0 aromatic carbocycles. The molecule has 5 rings (SSSR count). The van der Waals surface area contributed by atoms with Crippen LogP contribution in [0.15, 0.2) is 0 Å². The lowest BCUT2D eigenvalue weighted by atomic mass is 9.94. The first kappa shape index (κ1) is 56.2. The van der Waals surface area contributed by atoms with Crippen molar-refractivity contribution < 1.29 is 91.1 Å². The Bertz CT molecular complexity index is 2230. The number of likely N-dealkylation sites (tertiary alicyclic amines) is 2. The monoisotopic (exact) mass is 1020 g/mol. The van der Waals surface area contributed by atoms with Gasteiger partial charge in [0.1, 0.15) is 0 Å². The van der Waals surface area contributed by atoms with Gasteiger partial charge in [-0.2, -0.15) is 20.2 Å². The second-order valence-corrected chi connectivity index (χ2v) is 21.9. The van der Waals surface area contributed by atoms with Gasteiger partial charge in [-0.3, -0.25) is 67.1 Å². The fraction of sp³-hybridized carbons (Fsp3) is 0.705. The van der Waals surface area contributed by atoms with Crippen molar-refractivity contribution in [1.29, 1.82) is 0 Å². The number of ketones is 2. The predicted octanol–water partition coefficient (Wildman–Crippen LogP) is 1.92. The van der Waals surface area contributed by atoms with Crippen LogP contribution in [0, 0.1) is 35.5 Å². The number of carbonyl (C=O) groups is 13. The number of ether oxygens (including phenoxy) is 1. The highest BCUT2D eigenvalue weighted by Gasteiger charge is 2.45. The molecule has 0 aromatic rings. The summed E-state index contributed by atoms with van der Waals surface area (Å²) in [4.78, 5) is 164. The highest BCUT2D eigenvalue weighted by Crippen LogP contribution is 2.29. The average molecular weight is 1020 g/mol. The highest BCUT2D eigenvalue weighted by atomic mass is 32.2. The summed E-state index contributed by atoms with van der Waals surface area (Å²) in [5, 5.41) is -1.30. The molecular weight excluding hydrogens is 953 g/mol. The van der Waals surface area contributed by atoms with Crippen LogP contribution < -0.4 is 0 Å². The third-order valence-corrected chi connectivity index (χ3v) is 13.8. The topological polar surface area (TPSA) is 317 Å². The maximum atomic E-state index is 12.1. The van der Waals surface area contributed by atoms with Crippen LogP contribution in [0.4, 0.5) is 0 Å². The van der Waals surface area contributed by atoms with Crippen LogP contribution in [0.1, 0.15) is 128 Å². The van der Waals surface area contributed by atoms with E-state index in [9.17, 15) is 75.3 Å². The molecule has 23 nitrogen and oxygen atoms in total. The van der Waals surface area contributed by atoms with E-state index in [4.69, 9.17) is 6.11 Å². The van der Waals surface area contributed by atoms with Crippen LogP contribution in [0.5, 0.6) is 0 Å². The van der Waals surface area contributed by atoms with E-state index in [2.05, 4.69) is 9.68 Å². The first-order chi connectivity index (χ1) is 32.4. The molecule has 4 saturated heterocycles. The summed E-state index contributed by atoms with van der Waals surface area (Å²) in [7, 11) is -4.72. The first-order valence-corrected chi connectivity index (χ1v) is 25.0. The van der Waals surface area contributed by atoms with Crippen molar-refractivity contribution >= 4 is 98.6 Å². The Balaban J connectivity index is 0.000000278. The van der Waals surface area contributed by atoms with Crippen LogP contribution >= 0.6 is 11.8 Å². The van der Waals surface area contributed by atoms with Crippen molar-refractivity contribution in [1.82, 2.24) is 19.9 Å². The van der Waals surface area contributed by atoms with Crippen LogP contribution in [-0.4, -0.2) is 145 Å². The molecule has 0 spiro atoms. The lowest BCUT2D eigenvalue weighted by Gasteiger charge is -2.20. The van der Waals surface area contributed by atoms with Crippen LogP contribution in [0.2, 0.25) is 0 Å². The third kappa shape index (κ3) is 15.8. The van der Waals surface area contributed by atoms with Gasteiger partial charge >= 0.3 is 17.9 Å². The van der Waals surface area contributed by atoms with Crippen LogP contribution in [-0.2, 0) is 86.9 Å². The number of rotatable bonds is 18. The quantitative estimate of drug-likeness (QED) is 0.0887. The Labute approximate surface area is 405 Å². The van der Waals surface area contributed by atoms with Crippen LogP contribution in [0.25, 0.3) is 0 Å². The smallest absolute Gasteiger partial charge is 0.353 e. The minimum absolute atomic E-state index is 0.0543. The van der Waals surface area contributed by atoms with Gasteiger partial charge in [-0.15, -0.1) is 10.1 Å². The molecule has 25 heteroatoms. The van der Waals surface area contributed by atoms with Gasteiger partial charge in [-0.25, -0.2) is 9.59 Å². The molecular formula is C44H62N4O19S2. The van der Waals surface area contributed by atoms with Crippen molar-refractivity contribution in [3.63, 3.8) is 0 Å². The number of Topliss-reactive ketones (excluding diaryl/α,β-unsaturated/α-hetero) is 2. The predicted molar refractivity (Wildman–Crippen MR) is 238 cm³/mol. The zero-order chi connectivity index (χ0) is 53.3. The maximum Gasteiger partial charge on any atom is 0.353 e. The summed E-state index contributed by atoms with van der Waals surface area (Å²) in [6.45, 7) is 16.1. The van der Waals surface area contributed by atoms with Gasteiger partial charge in [-0.1, -0.05) is 62.3 Å². The Morgan fingerprint density at radius 2 is 1.23 bits per heavy atom. The van der Waals surface area contributed by atoms with E-state index in [1.807, 2.05) is 41.5 Å². The van der Waals surface area contributed by atoms with Gasteiger partial charge in [0.05, 0.1) is 6.42 Å². The first-order valence-electron chi connectivity index (χ1n) is 23.1. The van der Waals surface area contributed by atoms with Crippen molar-refractivity contribution in [2.45, 2.75) is 148 Å². The summed E-state index contributed by atoms with van der Waals surface area (Å²) in [6, 6.07) is 0. The normalized spacial score (nSPS) is 25.1. The molecule has 0 bridgehead atoms. The Morgan fingerprint density at radius 3 is 1.65 bits per heavy atom. The Kier molecular flexibility index (Phi) is 20.3. The number of hydrogen-bond donors (Lipinski definition) is 1. The van der Waals surface area contributed by atoms with E-state index in [-0.39, 0.29) is 134 Å². The van der Waals surface area contributed by atoms with E-state index in [0.717, 1.165) is 9.80 Å². The van der Waals surface area contributed by atoms with E-state index in [1.165, 1.54) is 18.7 Å². The van der Waals surface area contributed by atoms with Gasteiger partial charge in [0.2, 0.25) is 29.7 Å². The zero-order valence-electron chi connectivity index (χ0n) is 41.0. The standard InChI is InChI=1S/C16H21NO6.C15H20N2O6.C13H21NO7S2/c1-8(2)10-7-12(19)17(16(10)22)5-4-13(20)23-15-11(18)6-9(3)14(15)21;1-9(2)10-8-13(20)16(15(10)22)7-3-4-14(21)23-17-11(18)5-6-12(17)19;1-7(2)22-9(4)6-10(23(18,19)20)13(17)21-14-11(15)5-8(3)12(14)16/h8-10,15H,4-7H2,1-3H3;9-10H,3-8H2,1-2H3;7-10H,5-6H2,1-4H3,(H,18,19,20)/i;5D;. The van der Waals surface area contributed by atoms with E-state index < -0.39 is 92.8 Å². The molecule has 5 aliphatic rings. The second kappa shape index (κ2) is 24.9.